The first-order valence-corrected chi connectivity index (χ1v) is 9.09. The zero-order chi connectivity index (χ0) is 17.6. The summed E-state index contributed by atoms with van der Waals surface area (Å²) in [5.41, 5.74) is 1.02. The minimum absolute atomic E-state index is 0.0646. The third kappa shape index (κ3) is 4.90. The van der Waals surface area contributed by atoms with Crippen LogP contribution >= 0.6 is 11.3 Å². The lowest BCUT2D eigenvalue weighted by Crippen LogP contribution is -2.45. The van der Waals surface area contributed by atoms with Crippen LogP contribution in [0.4, 0.5) is 5.13 Å². The van der Waals surface area contributed by atoms with Gasteiger partial charge < -0.3 is 20.1 Å². The molecule has 0 unspecified atom stereocenters. The molecule has 2 aromatic rings. The summed E-state index contributed by atoms with van der Waals surface area (Å²) < 4.78 is 4.84. The molecule has 1 saturated heterocycles. The predicted molar refractivity (Wildman–Crippen MR) is 96.1 cm³/mol. The van der Waals surface area contributed by atoms with Crippen LogP contribution in [0.5, 0.6) is 5.75 Å². The summed E-state index contributed by atoms with van der Waals surface area (Å²) in [6.07, 6.45) is 2.43. The van der Waals surface area contributed by atoms with Crippen molar-refractivity contribution in [2.75, 3.05) is 31.7 Å². The van der Waals surface area contributed by atoms with E-state index < -0.39 is 0 Å². The molecular weight excluding hydrogens is 340 g/mol. The molecule has 1 aliphatic heterocycles. The highest BCUT2D eigenvalue weighted by atomic mass is 32.1. The Kier molecular flexibility index (Phi) is 5.83. The van der Waals surface area contributed by atoms with Crippen molar-refractivity contribution in [1.29, 1.82) is 0 Å². The van der Waals surface area contributed by atoms with E-state index in [-0.39, 0.29) is 24.3 Å². The lowest BCUT2D eigenvalue weighted by atomic mass is 10.1. The van der Waals surface area contributed by atoms with Crippen molar-refractivity contribution < 1.29 is 14.6 Å². The maximum absolute atomic E-state index is 11.6. The molecule has 1 aliphatic rings. The van der Waals surface area contributed by atoms with Gasteiger partial charge in [0.2, 0.25) is 11.0 Å². The average molecular weight is 362 g/mol. The second kappa shape index (κ2) is 8.26. The normalized spacial score (nSPS) is 15.3. The van der Waals surface area contributed by atoms with Gasteiger partial charge in [0.25, 0.3) is 0 Å². The molecule has 25 heavy (non-hydrogen) atoms. The monoisotopic (exact) mass is 362 g/mol. The standard InChI is InChI=1S/C17H22N4O3S/c1-24-11-15(23)18-13-5-7-21(8-6-13)17-20-19-16(25-17)10-12-3-2-4-14(22)9-12/h2-4,9,13,22H,5-8,10-11H2,1H3,(H,18,23). The first-order chi connectivity index (χ1) is 12.1. The number of phenolic OH excluding ortho intramolecular Hbond substituents is 1. The molecule has 1 fully saturated rings. The van der Waals surface area contributed by atoms with E-state index in [0.29, 0.717) is 6.42 Å². The van der Waals surface area contributed by atoms with Crippen LogP contribution in [0.15, 0.2) is 24.3 Å². The smallest absolute Gasteiger partial charge is 0.246 e. The van der Waals surface area contributed by atoms with Crippen LogP contribution in [-0.2, 0) is 16.0 Å². The number of piperidine rings is 1. The van der Waals surface area contributed by atoms with Crippen LogP contribution in [0.25, 0.3) is 0 Å². The number of phenols is 1. The van der Waals surface area contributed by atoms with Crippen molar-refractivity contribution in [3.63, 3.8) is 0 Å². The van der Waals surface area contributed by atoms with Crippen molar-refractivity contribution in [1.82, 2.24) is 15.5 Å². The zero-order valence-corrected chi connectivity index (χ0v) is 15.0. The number of hydrogen-bond donors (Lipinski definition) is 2. The van der Waals surface area contributed by atoms with Crippen molar-refractivity contribution in [3.05, 3.63) is 34.8 Å². The van der Waals surface area contributed by atoms with Gasteiger partial charge in [-0.05, 0) is 30.5 Å². The lowest BCUT2D eigenvalue weighted by Gasteiger charge is -2.31. The van der Waals surface area contributed by atoms with Crippen molar-refractivity contribution in [2.24, 2.45) is 0 Å². The fraction of sp³-hybridized carbons (Fsp3) is 0.471. The van der Waals surface area contributed by atoms with E-state index in [0.717, 1.165) is 41.6 Å². The van der Waals surface area contributed by atoms with Gasteiger partial charge in [-0.2, -0.15) is 0 Å². The van der Waals surface area contributed by atoms with Crippen LogP contribution in [0.1, 0.15) is 23.4 Å². The van der Waals surface area contributed by atoms with E-state index in [1.807, 2.05) is 12.1 Å². The van der Waals surface area contributed by atoms with E-state index in [2.05, 4.69) is 20.4 Å². The number of aromatic hydroxyl groups is 1. The molecule has 0 spiro atoms. The number of carbonyl (C=O) groups excluding carboxylic acids is 1. The Morgan fingerprint density at radius 1 is 1.40 bits per heavy atom. The van der Waals surface area contributed by atoms with Crippen LogP contribution in [0.2, 0.25) is 0 Å². The summed E-state index contributed by atoms with van der Waals surface area (Å²) >= 11 is 1.58. The molecule has 3 rings (SSSR count). The first-order valence-electron chi connectivity index (χ1n) is 8.27. The van der Waals surface area contributed by atoms with Crippen LogP contribution in [-0.4, -0.2) is 54.1 Å². The summed E-state index contributed by atoms with van der Waals surface area (Å²) in [4.78, 5) is 13.8. The van der Waals surface area contributed by atoms with E-state index in [1.165, 1.54) is 7.11 Å². The van der Waals surface area contributed by atoms with Crippen LogP contribution < -0.4 is 10.2 Å². The number of anilines is 1. The maximum Gasteiger partial charge on any atom is 0.246 e. The summed E-state index contributed by atoms with van der Waals surface area (Å²) in [7, 11) is 1.52. The quantitative estimate of drug-likeness (QED) is 0.811. The molecule has 2 N–H and O–H groups in total. The first kappa shape index (κ1) is 17.6. The van der Waals surface area contributed by atoms with E-state index in [1.54, 1.807) is 23.5 Å². The Balaban J connectivity index is 1.52. The molecule has 0 bridgehead atoms. The number of aromatic nitrogens is 2. The fourth-order valence-electron chi connectivity index (χ4n) is 2.90. The molecule has 0 radical (unpaired) electrons. The Labute approximate surface area is 150 Å². The van der Waals surface area contributed by atoms with Gasteiger partial charge in [-0.3, -0.25) is 4.79 Å². The molecule has 2 heterocycles. The number of rotatable bonds is 6. The van der Waals surface area contributed by atoms with Gasteiger partial charge in [-0.25, -0.2) is 0 Å². The largest absolute Gasteiger partial charge is 0.508 e. The summed E-state index contributed by atoms with van der Waals surface area (Å²) in [5.74, 6) is 0.199. The van der Waals surface area contributed by atoms with E-state index >= 15 is 0 Å². The average Bonchev–Trinajstić information content (AvgIpc) is 3.04. The maximum atomic E-state index is 11.6. The number of nitrogens with zero attached hydrogens (tertiary/aromatic N) is 3. The number of amides is 1. The number of carbonyl (C=O) groups is 1. The zero-order valence-electron chi connectivity index (χ0n) is 14.1. The van der Waals surface area contributed by atoms with Crippen molar-refractivity contribution >= 4 is 22.4 Å². The van der Waals surface area contributed by atoms with Gasteiger partial charge in [0.1, 0.15) is 17.4 Å². The van der Waals surface area contributed by atoms with E-state index in [4.69, 9.17) is 4.74 Å². The molecule has 0 atom stereocenters. The molecule has 1 amide bonds. The van der Waals surface area contributed by atoms with Crippen LogP contribution in [0, 0.1) is 0 Å². The molecular formula is C17H22N4O3S. The molecule has 1 aromatic heterocycles. The van der Waals surface area contributed by atoms with Gasteiger partial charge >= 0.3 is 0 Å². The third-order valence-corrected chi connectivity index (χ3v) is 5.11. The Hall–Kier alpha value is -2.19. The van der Waals surface area contributed by atoms with Gasteiger partial charge in [0.05, 0.1) is 0 Å². The highest BCUT2D eigenvalue weighted by molar-refractivity contribution is 7.15. The Morgan fingerprint density at radius 2 is 2.20 bits per heavy atom. The van der Waals surface area contributed by atoms with Gasteiger partial charge in [0, 0.05) is 32.7 Å². The van der Waals surface area contributed by atoms with Crippen molar-refractivity contribution in [3.8, 4) is 5.75 Å². The van der Waals surface area contributed by atoms with Crippen molar-refractivity contribution in [2.45, 2.75) is 25.3 Å². The Morgan fingerprint density at radius 3 is 2.92 bits per heavy atom. The minimum atomic E-state index is -0.0646. The SMILES string of the molecule is COCC(=O)NC1CCN(c2nnc(Cc3cccc(O)c3)s2)CC1. The highest BCUT2D eigenvalue weighted by Gasteiger charge is 2.23. The predicted octanol–water partition coefficient (Wildman–Crippen LogP) is 1.57. The molecule has 7 nitrogen and oxygen atoms in total. The summed E-state index contributed by atoms with van der Waals surface area (Å²) in [6, 6.07) is 7.39. The fourth-order valence-corrected chi connectivity index (χ4v) is 3.83. The molecule has 0 aliphatic carbocycles. The highest BCUT2D eigenvalue weighted by Crippen LogP contribution is 2.26. The second-order valence-electron chi connectivity index (χ2n) is 6.09. The molecule has 8 heteroatoms. The number of ether oxygens (including phenoxy) is 1. The van der Waals surface area contributed by atoms with Crippen LogP contribution in [0.3, 0.4) is 0 Å². The summed E-state index contributed by atoms with van der Waals surface area (Å²) in [6.45, 7) is 1.80. The summed E-state index contributed by atoms with van der Waals surface area (Å²) in [5, 5.41) is 22.9. The topological polar surface area (TPSA) is 87.6 Å². The lowest BCUT2D eigenvalue weighted by molar-refractivity contribution is -0.125. The molecule has 0 saturated carbocycles. The number of nitrogens with one attached hydrogen (secondary N) is 1. The second-order valence-corrected chi connectivity index (χ2v) is 7.13. The number of hydrogen-bond acceptors (Lipinski definition) is 7. The molecule has 134 valence electrons. The van der Waals surface area contributed by atoms with Gasteiger partial charge in [0.15, 0.2) is 0 Å². The minimum Gasteiger partial charge on any atom is -0.508 e. The van der Waals surface area contributed by atoms with Gasteiger partial charge in [-0.15, -0.1) is 10.2 Å². The number of methoxy groups -OCH3 is 1. The molecule has 1 aromatic carbocycles. The third-order valence-electron chi connectivity index (χ3n) is 4.13. The Bertz CT molecular complexity index is 713. The number of benzene rings is 1. The van der Waals surface area contributed by atoms with E-state index in [9.17, 15) is 9.90 Å². The van der Waals surface area contributed by atoms with Gasteiger partial charge in [-0.1, -0.05) is 23.5 Å².